The Morgan fingerprint density at radius 3 is 1.50 bits per heavy atom. The van der Waals surface area contributed by atoms with Gasteiger partial charge in [-0.1, -0.05) is 24.3 Å². The topological polar surface area (TPSA) is 183 Å². The van der Waals surface area contributed by atoms with Gasteiger partial charge in [-0.3, -0.25) is 19.4 Å². The molecule has 0 unspecified atom stereocenters. The third-order valence-corrected chi connectivity index (χ3v) is 12.4. The molecule has 0 saturated carbocycles. The van der Waals surface area contributed by atoms with E-state index in [0.29, 0.717) is 62.4 Å². The van der Waals surface area contributed by atoms with Crippen LogP contribution in [0.25, 0.3) is 11.1 Å². The Morgan fingerprint density at radius 2 is 1.08 bits per heavy atom. The maximum absolute atomic E-state index is 13.9. The SMILES string of the molecule is NC(=O)NCCN1CCc2nc(C(=O)N3CCc4c(-c5cccc6c5CCN6C(=O)c5nc6c(s5)CN(CCNC(N)=O)CC6)cccc43)sc2C1. The molecule has 0 aliphatic carbocycles. The minimum absolute atomic E-state index is 0.0797. The second kappa shape index (κ2) is 14.3. The lowest BCUT2D eigenvalue weighted by molar-refractivity contribution is 0.0981. The molecular weight excluding hydrogens is 701 g/mol. The van der Waals surface area contributed by atoms with Gasteiger partial charge >= 0.3 is 12.1 Å². The number of carbonyl (C=O) groups excluding carboxylic acids is 4. The molecule has 0 radical (unpaired) electrons. The monoisotopic (exact) mass is 740 g/mol. The number of hydrogen-bond acceptors (Lipinski definition) is 10. The third-order valence-electron chi connectivity index (χ3n) is 10.3. The number of benzene rings is 2. The Labute approximate surface area is 308 Å². The second-order valence-corrected chi connectivity index (χ2v) is 15.6. The predicted octanol–water partition coefficient (Wildman–Crippen LogP) is 2.73. The molecule has 0 fully saturated rings. The van der Waals surface area contributed by atoms with Crippen LogP contribution in [0, 0.1) is 0 Å². The van der Waals surface area contributed by atoms with E-state index in [1.54, 1.807) is 0 Å². The largest absolute Gasteiger partial charge is 0.352 e. The summed E-state index contributed by atoms with van der Waals surface area (Å²) in [7, 11) is 0. The maximum Gasteiger partial charge on any atom is 0.312 e. The Balaban J connectivity index is 0.979. The number of fused-ring (bicyclic) bond motifs is 4. The molecule has 14 nitrogen and oxygen atoms in total. The van der Waals surface area contributed by atoms with Gasteiger partial charge in [0.2, 0.25) is 0 Å². The van der Waals surface area contributed by atoms with Crippen molar-refractivity contribution in [1.82, 2.24) is 30.4 Å². The van der Waals surface area contributed by atoms with E-state index in [2.05, 4.69) is 32.6 Å². The first-order chi connectivity index (χ1) is 25.2. The van der Waals surface area contributed by atoms with Gasteiger partial charge in [-0.05, 0) is 47.2 Å². The van der Waals surface area contributed by atoms with Crippen LogP contribution in [0.1, 0.15) is 51.9 Å². The number of aromatic nitrogens is 2. The number of nitrogens with zero attached hydrogens (tertiary/aromatic N) is 6. The van der Waals surface area contributed by atoms with Crippen molar-refractivity contribution < 1.29 is 19.2 Å². The summed E-state index contributed by atoms with van der Waals surface area (Å²) in [6.45, 7) is 6.51. The summed E-state index contributed by atoms with van der Waals surface area (Å²) in [6.07, 6.45) is 2.98. The van der Waals surface area contributed by atoms with Gasteiger partial charge in [-0.15, -0.1) is 22.7 Å². The number of nitrogens with one attached hydrogen (secondary N) is 2. The van der Waals surface area contributed by atoms with E-state index in [0.717, 1.165) is 93.5 Å². The van der Waals surface area contributed by atoms with Crippen LogP contribution in [-0.2, 0) is 38.8 Å². The van der Waals surface area contributed by atoms with Crippen molar-refractivity contribution >= 4 is 57.9 Å². The van der Waals surface area contributed by atoms with Crippen LogP contribution < -0.4 is 31.9 Å². The van der Waals surface area contributed by atoms with E-state index in [1.807, 2.05) is 34.1 Å². The molecule has 0 saturated heterocycles. The lowest BCUT2D eigenvalue weighted by Crippen LogP contribution is -2.39. The van der Waals surface area contributed by atoms with E-state index in [-0.39, 0.29) is 11.8 Å². The third kappa shape index (κ3) is 6.62. The molecule has 4 aliphatic rings. The van der Waals surface area contributed by atoms with Crippen LogP contribution in [0.2, 0.25) is 0 Å². The van der Waals surface area contributed by atoms with E-state index >= 15 is 0 Å². The van der Waals surface area contributed by atoms with Crippen molar-refractivity contribution in [3.05, 3.63) is 78.7 Å². The maximum atomic E-state index is 13.9. The summed E-state index contributed by atoms with van der Waals surface area (Å²) in [5.74, 6) is -0.159. The highest BCUT2D eigenvalue weighted by Gasteiger charge is 2.34. The molecule has 2 aromatic carbocycles. The Hall–Kier alpha value is -4.90. The standard InChI is InChI=1S/C36H40N10O4S2/c37-35(49)39-11-17-43-13-9-25-29(19-43)51-31(41-25)33(47)45-15-7-23-21(3-1-5-27(23)45)22-4-2-6-28-24(22)8-16-46(28)34(48)32-42-26-10-14-44(20-30(26)52-32)18-12-40-36(38)50/h1-6H,7-20H2,(H3,37,39,49)(H3,38,40,50). The number of urea groups is 2. The summed E-state index contributed by atoms with van der Waals surface area (Å²) in [5.41, 5.74) is 18.6. The molecule has 16 heteroatoms. The summed E-state index contributed by atoms with van der Waals surface area (Å²) < 4.78 is 0. The second-order valence-electron chi connectivity index (χ2n) is 13.4. The Bertz CT molecular complexity index is 1930. The zero-order valence-electron chi connectivity index (χ0n) is 28.7. The summed E-state index contributed by atoms with van der Waals surface area (Å²) in [5, 5.41) is 6.29. The normalized spacial score (nSPS) is 16.6. The van der Waals surface area contributed by atoms with Crippen LogP contribution in [0.15, 0.2) is 36.4 Å². The van der Waals surface area contributed by atoms with Gasteiger partial charge in [0.1, 0.15) is 0 Å². The number of carbonyl (C=O) groups is 4. The van der Waals surface area contributed by atoms with Gasteiger partial charge in [0.05, 0.1) is 11.4 Å². The van der Waals surface area contributed by atoms with Gasteiger partial charge in [-0.2, -0.15) is 0 Å². The van der Waals surface area contributed by atoms with Crippen molar-refractivity contribution in [2.75, 3.05) is 62.2 Å². The van der Waals surface area contributed by atoms with Crippen molar-refractivity contribution in [3.8, 4) is 11.1 Å². The highest BCUT2D eigenvalue weighted by Crippen LogP contribution is 2.43. The van der Waals surface area contributed by atoms with E-state index in [1.165, 1.54) is 22.7 Å². The predicted molar refractivity (Wildman–Crippen MR) is 200 cm³/mol. The van der Waals surface area contributed by atoms with Crippen LogP contribution in [0.4, 0.5) is 21.0 Å². The van der Waals surface area contributed by atoms with Gasteiger partial charge in [0, 0.05) is 99.4 Å². The van der Waals surface area contributed by atoms with Gasteiger partial charge in [0.15, 0.2) is 10.0 Å². The average molecular weight is 741 g/mol. The van der Waals surface area contributed by atoms with Crippen molar-refractivity contribution in [3.63, 3.8) is 0 Å². The number of anilines is 2. The fraction of sp³-hybridized carbons (Fsp3) is 0.389. The molecule has 8 rings (SSSR count). The molecule has 52 heavy (non-hydrogen) atoms. The number of amides is 6. The molecule has 270 valence electrons. The number of thiazole rings is 2. The summed E-state index contributed by atoms with van der Waals surface area (Å²) in [4.78, 5) is 69.9. The molecule has 6 heterocycles. The highest BCUT2D eigenvalue weighted by atomic mass is 32.1. The average Bonchev–Trinajstić information content (AvgIpc) is 3.94. The van der Waals surface area contributed by atoms with Crippen molar-refractivity contribution in [2.24, 2.45) is 11.5 Å². The van der Waals surface area contributed by atoms with E-state index in [4.69, 9.17) is 21.4 Å². The summed E-state index contributed by atoms with van der Waals surface area (Å²) >= 11 is 2.92. The Morgan fingerprint density at radius 1 is 0.635 bits per heavy atom. The highest BCUT2D eigenvalue weighted by molar-refractivity contribution is 7.14. The molecule has 2 aromatic heterocycles. The fourth-order valence-electron chi connectivity index (χ4n) is 7.76. The number of rotatable bonds is 9. The molecular formula is C36H40N10O4S2. The lowest BCUT2D eigenvalue weighted by atomic mass is 9.93. The first-order valence-electron chi connectivity index (χ1n) is 17.6. The molecule has 0 atom stereocenters. The Kier molecular flexibility index (Phi) is 9.38. The smallest absolute Gasteiger partial charge is 0.312 e. The van der Waals surface area contributed by atoms with Crippen LogP contribution >= 0.6 is 22.7 Å². The van der Waals surface area contributed by atoms with Crippen molar-refractivity contribution in [2.45, 2.75) is 38.8 Å². The van der Waals surface area contributed by atoms with Gasteiger partial charge in [0.25, 0.3) is 11.8 Å². The number of hydrogen-bond donors (Lipinski definition) is 4. The molecule has 0 bridgehead atoms. The van der Waals surface area contributed by atoms with E-state index in [9.17, 15) is 19.2 Å². The lowest BCUT2D eigenvalue weighted by Gasteiger charge is -2.25. The van der Waals surface area contributed by atoms with Crippen LogP contribution in [0.3, 0.4) is 0 Å². The first-order valence-corrected chi connectivity index (χ1v) is 19.2. The van der Waals surface area contributed by atoms with Crippen molar-refractivity contribution in [1.29, 1.82) is 0 Å². The van der Waals surface area contributed by atoms with E-state index < -0.39 is 12.1 Å². The summed E-state index contributed by atoms with van der Waals surface area (Å²) in [6, 6.07) is 11.2. The quantitative estimate of drug-likeness (QED) is 0.202. The number of nitrogens with two attached hydrogens (primary N) is 2. The first kappa shape index (κ1) is 34.2. The minimum Gasteiger partial charge on any atom is -0.352 e. The van der Waals surface area contributed by atoms with Crippen LogP contribution in [-0.4, -0.2) is 96.0 Å². The molecule has 0 spiro atoms. The van der Waals surface area contributed by atoms with Gasteiger partial charge in [-0.25, -0.2) is 19.6 Å². The molecule has 4 aromatic rings. The molecule has 4 aliphatic heterocycles. The number of primary amides is 2. The zero-order valence-corrected chi connectivity index (χ0v) is 30.3. The fourth-order valence-corrected chi connectivity index (χ4v) is 9.96. The molecule has 6 amide bonds. The minimum atomic E-state index is -0.529. The van der Waals surface area contributed by atoms with Crippen LogP contribution in [0.5, 0.6) is 0 Å². The molecule has 6 N–H and O–H groups in total. The van der Waals surface area contributed by atoms with Gasteiger partial charge < -0.3 is 31.9 Å². The zero-order chi connectivity index (χ0) is 35.9.